The van der Waals surface area contributed by atoms with Crippen LogP contribution >= 0.6 is 0 Å². The van der Waals surface area contributed by atoms with Gasteiger partial charge in [-0.3, -0.25) is 14.6 Å². The van der Waals surface area contributed by atoms with Gasteiger partial charge in [-0.25, -0.2) is 0 Å². The van der Waals surface area contributed by atoms with Crippen molar-refractivity contribution >= 4 is 11.8 Å². The molecule has 1 aromatic heterocycles. The first-order valence-corrected chi connectivity index (χ1v) is 8.34. The summed E-state index contributed by atoms with van der Waals surface area (Å²) in [5, 5.41) is 0. The highest BCUT2D eigenvalue weighted by Gasteiger charge is 2.45. The van der Waals surface area contributed by atoms with Crippen LogP contribution in [0.15, 0.2) is 18.3 Å². The molecule has 0 radical (unpaired) electrons. The number of likely N-dealkylation sites (tertiary alicyclic amines) is 2. The van der Waals surface area contributed by atoms with Gasteiger partial charge >= 0.3 is 6.18 Å². The number of amides is 2. The van der Waals surface area contributed by atoms with Gasteiger partial charge in [0.1, 0.15) is 5.69 Å². The number of alkyl halides is 3. The monoisotopic (exact) mass is 355 g/mol. The van der Waals surface area contributed by atoms with E-state index in [1.807, 2.05) is 11.8 Å². The summed E-state index contributed by atoms with van der Waals surface area (Å²) in [6.45, 7) is 4.23. The van der Waals surface area contributed by atoms with Crippen LogP contribution in [0.3, 0.4) is 0 Å². The minimum atomic E-state index is -4.57. The molecule has 8 heteroatoms. The van der Waals surface area contributed by atoms with Gasteiger partial charge in [0.05, 0.1) is 0 Å². The maximum absolute atomic E-state index is 12.8. The number of hydrogen-bond acceptors (Lipinski definition) is 3. The molecule has 2 aliphatic heterocycles. The molecule has 0 atom stereocenters. The number of nitrogens with zero attached hydrogens (tertiary/aromatic N) is 3. The Kier molecular flexibility index (Phi) is 4.47. The summed E-state index contributed by atoms with van der Waals surface area (Å²) in [6.07, 6.45) is -1.68. The Hall–Kier alpha value is -2.12. The van der Waals surface area contributed by atoms with Crippen molar-refractivity contribution in [1.82, 2.24) is 14.8 Å². The average molecular weight is 355 g/mol. The zero-order valence-corrected chi connectivity index (χ0v) is 14.0. The van der Waals surface area contributed by atoms with Crippen molar-refractivity contribution in [3.63, 3.8) is 0 Å². The second-order valence-electron chi connectivity index (χ2n) is 6.80. The maximum Gasteiger partial charge on any atom is 0.433 e. The summed E-state index contributed by atoms with van der Waals surface area (Å²) >= 11 is 0. The van der Waals surface area contributed by atoms with Crippen LogP contribution in [-0.4, -0.2) is 52.8 Å². The summed E-state index contributed by atoms with van der Waals surface area (Å²) < 4.78 is 38.3. The summed E-state index contributed by atoms with van der Waals surface area (Å²) in [5.74, 6) is -0.273. The zero-order chi connectivity index (χ0) is 18.2. The van der Waals surface area contributed by atoms with Crippen molar-refractivity contribution in [2.24, 2.45) is 5.41 Å². The fourth-order valence-electron chi connectivity index (χ4n) is 3.69. The van der Waals surface area contributed by atoms with Gasteiger partial charge in [-0.05, 0) is 31.9 Å². The number of rotatable bonds is 2. The molecule has 25 heavy (non-hydrogen) atoms. The zero-order valence-electron chi connectivity index (χ0n) is 14.0. The highest BCUT2D eigenvalue weighted by Crippen LogP contribution is 2.41. The smallest absolute Gasteiger partial charge is 0.342 e. The largest absolute Gasteiger partial charge is 0.433 e. The van der Waals surface area contributed by atoms with Gasteiger partial charge in [0, 0.05) is 49.8 Å². The third kappa shape index (κ3) is 3.48. The van der Waals surface area contributed by atoms with Gasteiger partial charge in [0.25, 0.3) is 5.91 Å². The molecule has 2 saturated heterocycles. The van der Waals surface area contributed by atoms with Crippen LogP contribution in [-0.2, 0) is 11.0 Å². The van der Waals surface area contributed by atoms with Crippen LogP contribution in [0.5, 0.6) is 0 Å². The van der Waals surface area contributed by atoms with Crippen molar-refractivity contribution in [3.05, 3.63) is 29.6 Å². The van der Waals surface area contributed by atoms with E-state index < -0.39 is 17.8 Å². The molecule has 2 fully saturated rings. The van der Waals surface area contributed by atoms with Crippen LogP contribution in [0.4, 0.5) is 13.2 Å². The van der Waals surface area contributed by atoms with Crippen LogP contribution in [0.25, 0.3) is 0 Å². The quantitative estimate of drug-likeness (QED) is 0.819. The normalized spacial score (nSPS) is 20.4. The molecule has 0 aromatic carbocycles. The van der Waals surface area contributed by atoms with Gasteiger partial charge in [0.15, 0.2) is 0 Å². The van der Waals surface area contributed by atoms with E-state index in [1.165, 1.54) is 6.07 Å². The molecule has 3 rings (SSSR count). The summed E-state index contributed by atoms with van der Waals surface area (Å²) in [6, 6.07) is 2.10. The van der Waals surface area contributed by atoms with Crippen molar-refractivity contribution in [3.8, 4) is 0 Å². The number of piperidine rings is 1. The van der Waals surface area contributed by atoms with E-state index in [-0.39, 0.29) is 16.9 Å². The van der Waals surface area contributed by atoms with Crippen LogP contribution in [0.2, 0.25) is 0 Å². The van der Waals surface area contributed by atoms with Gasteiger partial charge in [-0.2, -0.15) is 13.2 Å². The first-order chi connectivity index (χ1) is 11.7. The Morgan fingerprint density at radius 2 is 2.00 bits per heavy atom. The van der Waals surface area contributed by atoms with Gasteiger partial charge in [0.2, 0.25) is 5.91 Å². The van der Waals surface area contributed by atoms with Crippen molar-refractivity contribution < 1.29 is 22.8 Å². The van der Waals surface area contributed by atoms with Crippen LogP contribution in [0.1, 0.15) is 42.2 Å². The predicted molar refractivity (Wildman–Crippen MR) is 83.7 cm³/mol. The van der Waals surface area contributed by atoms with Crippen molar-refractivity contribution in [1.29, 1.82) is 0 Å². The second-order valence-corrected chi connectivity index (χ2v) is 6.80. The molecular formula is C17H20F3N3O2. The van der Waals surface area contributed by atoms with Crippen LogP contribution < -0.4 is 0 Å². The number of aromatic nitrogens is 1. The molecule has 0 bridgehead atoms. The molecule has 3 heterocycles. The van der Waals surface area contributed by atoms with E-state index in [1.54, 1.807) is 4.90 Å². The Balaban J connectivity index is 1.67. The SMILES string of the molecule is CCN1CC2(CCN(C(=O)c3ccnc(C(F)(F)F)c3)CC2)CC1=O. The van der Waals surface area contributed by atoms with Gasteiger partial charge in [-0.1, -0.05) is 0 Å². The lowest BCUT2D eigenvalue weighted by Crippen LogP contribution is -2.44. The molecule has 1 spiro atoms. The van der Waals surface area contributed by atoms with E-state index in [2.05, 4.69) is 4.98 Å². The average Bonchev–Trinajstić information content (AvgIpc) is 2.89. The van der Waals surface area contributed by atoms with E-state index >= 15 is 0 Å². The Morgan fingerprint density at radius 1 is 1.32 bits per heavy atom. The highest BCUT2D eigenvalue weighted by atomic mass is 19.4. The summed E-state index contributed by atoms with van der Waals surface area (Å²) in [4.78, 5) is 31.2. The third-order valence-corrected chi connectivity index (χ3v) is 5.20. The molecule has 2 amide bonds. The van der Waals surface area contributed by atoms with Gasteiger partial charge < -0.3 is 9.80 Å². The van der Waals surface area contributed by atoms with E-state index in [4.69, 9.17) is 0 Å². The lowest BCUT2D eigenvalue weighted by atomic mass is 9.77. The fraction of sp³-hybridized carbons (Fsp3) is 0.588. The molecule has 2 aliphatic rings. The van der Waals surface area contributed by atoms with Crippen molar-refractivity contribution in [2.75, 3.05) is 26.2 Å². The summed E-state index contributed by atoms with van der Waals surface area (Å²) in [5.41, 5.74) is -1.16. The number of hydrogen-bond donors (Lipinski definition) is 0. The first-order valence-electron chi connectivity index (χ1n) is 8.34. The van der Waals surface area contributed by atoms with E-state index in [0.29, 0.717) is 45.4 Å². The number of carbonyl (C=O) groups excluding carboxylic acids is 2. The van der Waals surface area contributed by atoms with Gasteiger partial charge in [-0.15, -0.1) is 0 Å². The number of carbonyl (C=O) groups is 2. The Labute approximate surface area is 143 Å². The molecule has 1 aromatic rings. The third-order valence-electron chi connectivity index (χ3n) is 5.20. The lowest BCUT2D eigenvalue weighted by Gasteiger charge is -2.38. The number of halogens is 3. The molecule has 0 N–H and O–H groups in total. The maximum atomic E-state index is 12.8. The highest BCUT2D eigenvalue weighted by molar-refractivity contribution is 5.94. The fourth-order valence-corrected chi connectivity index (χ4v) is 3.69. The van der Waals surface area contributed by atoms with Crippen molar-refractivity contribution in [2.45, 2.75) is 32.4 Å². The molecule has 0 aliphatic carbocycles. The Bertz CT molecular complexity index is 682. The topological polar surface area (TPSA) is 53.5 Å². The second kappa shape index (κ2) is 6.31. The molecule has 0 saturated carbocycles. The molecule has 5 nitrogen and oxygen atoms in total. The first kappa shape index (κ1) is 17.7. The molecular weight excluding hydrogens is 335 g/mol. The predicted octanol–water partition coefficient (Wildman–Crippen LogP) is 2.58. The van der Waals surface area contributed by atoms with E-state index in [0.717, 1.165) is 12.3 Å². The standard InChI is InChI=1S/C17H20F3N3O2/c1-2-22-11-16(10-14(22)24)4-7-23(8-5-16)15(25)12-3-6-21-13(9-12)17(18,19)20/h3,6,9H,2,4-5,7-8,10-11H2,1H3. The minimum Gasteiger partial charge on any atom is -0.342 e. The lowest BCUT2D eigenvalue weighted by molar-refractivity contribution is -0.141. The summed E-state index contributed by atoms with van der Waals surface area (Å²) in [7, 11) is 0. The van der Waals surface area contributed by atoms with Crippen LogP contribution in [0, 0.1) is 5.41 Å². The minimum absolute atomic E-state index is 0.00374. The number of pyridine rings is 1. The Morgan fingerprint density at radius 3 is 2.56 bits per heavy atom. The molecule has 0 unspecified atom stereocenters. The van der Waals surface area contributed by atoms with E-state index in [9.17, 15) is 22.8 Å². The molecule has 136 valence electrons.